The monoisotopic (exact) mass is 607 g/mol. The van der Waals surface area contributed by atoms with E-state index in [4.69, 9.17) is 9.97 Å². The van der Waals surface area contributed by atoms with Crippen molar-refractivity contribution in [3.8, 4) is 51.0 Å². The molecule has 0 saturated carbocycles. The van der Waals surface area contributed by atoms with Crippen molar-refractivity contribution in [2.75, 3.05) is 0 Å². The maximum atomic E-state index is 9.42. The topological polar surface area (TPSA) is 49.6 Å². The van der Waals surface area contributed by atoms with Crippen LogP contribution in [0.3, 0.4) is 0 Å². The third-order valence-corrected chi connectivity index (χ3v) is 10.1. The molecule has 0 radical (unpaired) electrons. The summed E-state index contributed by atoms with van der Waals surface area (Å²) in [5, 5.41) is 10.4. The number of para-hydroxylation sites is 1. The van der Waals surface area contributed by atoms with Crippen molar-refractivity contribution < 1.29 is 0 Å². The van der Waals surface area contributed by atoms with Crippen molar-refractivity contribution in [3.63, 3.8) is 0 Å². The van der Waals surface area contributed by atoms with Crippen LogP contribution >= 0.6 is 11.8 Å². The molecule has 4 heteroatoms. The lowest BCUT2D eigenvalue weighted by molar-refractivity contribution is 0.607. The molecule has 0 bridgehead atoms. The summed E-state index contributed by atoms with van der Waals surface area (Å²) >= 11 is 1.85. The van der Waals surface area contributed by atoms with Crippen molar-refractivity contribution in [3.05, 3.63) is 156 Å². The van der Waals surface area contributed by atoms with Gasteiger partial charge in [0, 0.05) is 31.7 Å². The molecule has 0 amide bonds. The Balaban J connectivity index is 1.33. The summed E-state index contributed by atoms with van der Waals surface area (Å²) in [6, 6.07) is 50.7. The molecule has 0 saturated heterocycles. The van der Waals surface area contributed by atoms with E-state index in [0.29, 0.717) is 11.4 Å². The summed E-state index contributed by atoms with van der Waals surface area (Å²) in [5.41, 5.74) is 11.3. The molecule has 2 heterocycles. The van der Waals surface area contributed by atoms with Gasteiger partial charge >= 0.3 is 0 Å². The van der Waals surface area contributed by atoms with Gasteiger partial charge < -0.3 is 0 Å². The predicted octanol–water partition coefficient (Wildman–Crippen LogP) is 11.0. The summed E-state index contributed by atoms with van der Waals surface area (Å²) in [6.07, 6.45) is 0. The zero-order valence-corrected chi connectivity index (χ0v) is 26.3. The molecule has 1 aliphatic rings. The highest BCUT2D eigenvalue weighted by Crippen LogP contribution is 2.50. The van der Waals surface area contributed by atoms with Gasteiger partial charge in [0.2, 0.25) is 0 Å². The van der Waals surface area contributed by atoms with E-state index in [1.54, 1.807) is 0 Å². The Morgan fingerprint density at radius 2 is 1.20 bits per heavy atom. The highest BCUT2D eigenvalue weighted by molar-refractivity contribution is 7.99. The van der Waals surface area contributed by atoms with E-state index in [-0.39, 0.29) is 5.41 Å². The van der Waals surface area contributed by atoms with Gasteiger partial charge in [-0.2, -0.15) is 5.26 Å². The molecule has 46 heavy (non-hydrogen) atoms. The fraction of sp³-hybridized carbons (Fsp3) is 0.0714. The first-order chi connectivity index (χ1) is 22.5. The number of benzene rings is 6. The molecular formula is C42H29N3S. The fourth-order valence-corrected chi connectivity index (χ4v) is 7.85. The molecule has 1 aliphatic heterocycles. The second-order valence-electron chi connectivity index (χ2n) is 12.2. The van der Waals surface area contributed by atoms with E-state index in [0.717, 1.165) is 50.0 Å². The van der Waals surface area contributed by atoms with Crippen LogP contribution in [0.2, 0.25) is 0 Å². The van der Waals surface area contributed by atoms with E-state index >= 15 is 0 Å². The summed E-state index contributed by atoms with van der Waals surface area (Å²) in [4.78, 5) is 12.9. The van der Waals surface area contributed by atoms with Crippen LogP contribution in [0.4, 0.5) is 0 Å². The Morgan fingerprint density at radius 1 is 0.543 bits per heavy atom. The Hall–Kier alpha value is -5.50. The van der Waals surface area contributed by atoms with Crippen LogP contribution in [0.5, 0.6) is 0 Å². The highest BCUT2D eigenvalue weighted by atomic mass is 32.2. The fourth-order valence-electron chi connectivity index (χ4n) is 6.47. The molecule has 0 aliphatic carbocycles. The normalized spacial score (nSPS) is 13.1. The molecule has 7 aromatic rings. The number of hydrogen-bond acceptors (Lipinski definition) is 4. The minimum absolute atomic E-state index is 0.132. The number of hydrogen-bond donors (Lipinski definition) is 0. The van der Waals surface area contributed by atoms with Crippen LogP contribution in [0.15, 0.2) is 149 Å². The van der Waals surface area contributed by atoms with E-state index in [2.05, 4.69) is 105 Å². The molecule has 0 N–H and O–H groups in total. The lowest BCUT2D eigenvalue weighted by Crippen LogP contribution is -2.23. The molecule has 1 aromatic heterocycles. The Morgan fingerprint density at radius 3 is 2.00 bits per heavy atom. The minimum Gasteiger partial charge on any atom is -0.228 e. The maximum Gasteiger partial charge on any atom is 0.160 e. The zero-order chi connectivity index (χ0) is 31.3. The smallest absolute Gasteiger partial charge is 0.160 e. The second-order valence-corrected chi connectivity index (χ2v) is 13.3. The molecule has 0 spiro atoms. The van der Waals surface area contributed by atoms with Gasteiger partial charge in [0.05, 0.1) is 22.8 Å². The molecule has 218 valence electrons. The molecular weight excluding hydrogens is 579 g/mol. The van der Waals surface area contributed by atoms with Gasteiger partial charge in [0.25, 0.3) is 0 Å². The Kier molecular flexibility index (Phi) is 6.78. The quantitative estimate of drug-likeness (QED) is 0.200. The number of nitrogens with zero attached hydrogens (tertiary/aromatic N) is 3. The van der Waals surface area contributed by atoms with Crippen LogP contribution in [0, 0.1) is 11.3 Å². The van der Waals surface area contributed by atoms with Crippen LogP contribution in [-0.2, 0) is 5.41 Å². The minimum atomic E-state index is -0.132. The van der Waals surface area contributed by atoms with Gasteiger partial charge in [0.15, 0.2) is 5.82 Å². The standard InChI is InChI=1S/C42H29N3S/c1-42(2)35-13-7-9-15-38(35)46-39-21-20-30(25-36(39)42)32-22-31(28-18-16-27(26-43)17-19-28)23-33(24-32)41-44-37-14-8-6-12-34(37)40(45-41)29-10-4-3-5-11-29/h3-25H,1-2H3. The average Bonchev–Trinajstić information content (AvgIpc) is 3.11. The van der Waals surface area contributed by atoms with Gasteiger partial charge in [-0.1, -0.05) is 111 Å². The zero-order valence-electron chi connectivity index (χ0n) is 25.5. The van der Waals surface area contributed by atoms with Crippen molar-refractivity contribution in [2.45, 2.75) is 29.1 Å². The third-order valence-electron chi connectivity index (χ3n) is 8.96. The van der Waals surface area contributed by atoms with Gasteiger partial charge in [0.1, 0.15) is 0 Å². The van der Waals surface area contributed by atoms with Gasteiger partial charge in [-0.15, -0.1) is 0 Å². The second kappa shape index (κ2) is 11.1. The van der Waals surface area contributed by atoms with Crippen molar-refractivity contribution >= 4 is 22.7 Å². The third kappa shape index (κ3) is 4.86. The predicted molar refractivity (Wildman–Crippen MR) is 189 cm³/mol. The summed E-state index contributed by atoms with van der Waals surface area (Å²) in [7, 11) is 0. The highest BCUT2D eigenvalue weighted by Gasteiger charge is 2.33. The first-order valence-corrected chi connectivity index (χ1v) is 16.2. The van der Waals surface area contributed by atoms with Gasteiger partial charge in [-0.25, -0.2) is 9.97 Å². The van der Waals surface area contributed by atoms with E-state index in [1.165, 1.54) is 20.9 Å². The van der Waals surface area contributed by atoms with E-state index < -0.39 is 0 Å². The van der Waals surface area contributed by atoms with Crippen molar-refractivity contribution in [2.24, 2.45) is 0 Å². The molecule has 8 rings (SSSR count). The largest absolute Gasteiger partial charge is 0.228 e. The summed E-state index contributed by atoms with van der Waals surface area (Å²) in [6.45, 7) is 4.64. The Bertz CT molecular complexity index is 2320. The Labute approximate surface area is 273 Å². The molecule has 6 aromatic carbocycles. The van der Waals surface area contributed by atoms with Crippen molar-refractivity contribution in [1.29, 1.82) is 5.26 Å². The van der Waals surface area contributed by atoms with Crippen LogP contribution in [-0.4, -0.2) is 9.97 Å². The number of fused-ring (bicyclic) bond motifs is 3. The first-order valence-electron chi connectivity index (χ1n) is 15.4. The lowest BCUT2D eigenvalue weighted by atomic mass is 9.77. The van der Waals surface area contributed by atoms with Gasteiger partial charge in [-0.3, -0.25) is 0 Å². The molecule has 0 fully saturated rings. The molecule has 0 atom stereocenters. The maximum absolute atomic E-state index is 9.42. The number of nitriles is 1. The average molecular weight is 608 g/mol. The SMILES string of the molecule is CC1(C)c2ccccc2Sc2ccc(-c3cc(-c4ccc(C#N)cc4)cc(-c4nc(-c5ccccc5)c5ccccc5n4)c3)cc21. The van der Waals surface area contributed by atoms with Gasteiger partial charge in [-0.05, 0) is 88.0 Å². The number of aromatic nitrogens is 2. The van der Waals surface area contributed by atoms with Crippen LogP contribution < -0.4 is 0 Å². The van der Waals surface area contributed by atoms with Crippen LogP contribution in [0.1, 0.15) is 30.5 Å². The number of rotatable bonds is 4. The summed E-state index contributed by atoms with van der Waals surface area (Å²) in [5.74, 6) is 0.678. The van der Waals surface area contributed by atoms with E-state index in [9.17, 15) is 5.26 Å². The van der Waals surface area contributed by atoms with E-state index in [1.807, 2.05) is 66.4 Å². The van der Waals surface area contributed by atoms with Crippen molar-refractivity contribution in [1.82, 2.24) is 9.97 Å². The van der Waals surface area contributed by atoms with Crippen LogP contribution in [0.25, 0.3) is 55.8 Å². The lowest BCUT2D eigenvalue weighted by Gasteiger charge is -2.35. The molecule has 3 nitrogen and oxygen atoms in total. The molecule has 0 unspecified atom stereocenters. The first kappa shape index (κ1) is 28.0. The summed E-state index contributed by atoms with van der Waals surface area (Å²) < 4.78 is 0.